The number of pyridine rings is 1. The Hall–Kier alpha value is -2.56. The lowest BCUT2D eigenvalue weighted by Crippen LogP contribution is -2.25. The molecule has 2 aromatic rings. The highest BCUT2D eigenvalue weighted by molar-refractivity contribution is 5.77. The van der Waals surface area contributed by atoms with Gasteiger partial charge in [0.15, 0.2) is 5.49 Å². The monoisotopic (exact) mass is 224 g/mol. The number of benzene rings is 1. The van der Waals surface area contributed by atoms with E-state index in [9.17, 15) is 4.79 Å². The number of hydrogen-bond donors (Lipinski definition) is 1. The molecule has 1 N–H and O–H groups in total. The number of rotatable bonds is 2. The third kappa shape index (κ3) is 1.90. The topological polar surface area (TPSA) is 66.7 Å². The van der Waals surface area contributed by atoms with Crippen molar-refractivity contribution in [2.45, 2.75) is 0 Å². The van der Waals surface area contributed by atoms with E-state index < -0.39 is 6.03 Å². The van der Waals surface area contributed by atoms with E-state index in [1.165, 1.54) is 0 Å². The lowest BCUT2D eigenvalue weighted by Gasteiger charge is -2.03. The van der Waals surface area contributed by atoms with Crippen molar-refractivity contribution < 1.29 is 4.79 Å². The van der Waals surface area contributed by atoms with E-state index in [0.29, 0.717) is 16.7 Å². The first kappa shape index (κ1) is 9.65. The number of para-hydroxylation sites is 1. The zero-order valence-corrected chi connectivity index (χ0v) is 8.79. The summed E-state index contributed by atoms with van der Waals surface area (Å²) in [7, 11) is 0. The molecule has 1 aliphatic rings. The molecule has 2 amide bonds. The summed E-state index contributed by atoms with van der Waals surface area (Å²) in [5, 5.41) is 3.65. The molecule has 0 aliphatic carbocycles. The largest absolute Gasteiger partial charge is 0.369 e. The molecular weight excluding hydrogens is 216 g/mol. The van der Waals surface area contributed by atoms with E-state index in [-0.39, 0.29) is 0 Å². The van der Waals surface area contributed by atoms with E-state index in [2.05, 4.69) is 20.3 Å². The van der Waals surface area contributed by atoms with Gasteiger partial charge in [-0.3, -0.25) is 0 Å². The van der Waals surface area contributed by atoms with Gasteiger partial charge in [0.2, 0.25) is 0 Å². The van der Waals surface area contributed by atoms with Gasteiger partial charge in [0.1, 0.15) is 11.2 Å². The molecule has 0 radical (unpaired) electrons. The van der Waals surface area contributed by atoms with E-state index in [0.717, 1.165) is 5.69 Å². The van der Waals surface area contributed by atoms with Gasteiger partial charge in [-0.1, -0.05) is 18.2 Å². The molecule has 5 nitrogen and oxygen atoms in total. The lowest BCUT2D eigenvalue weighted by molar-refractivity contribution is 0.256. The molecule has 1 aromatic carbocycles. The third-order valence-corrected chi connectivity index (χ3v) is 2.32. The molecule has 2 heterocycles. The van der Waals surface area contributed by atoms with Crippen LogP contribution >= 0.6 is 0 Å². The van der Waals surface area contributed by atoms with E-state index in [4.69, 9.17) is 0 Å². The van der Waals surface area contributed by atoms with Crippen molar-refractivity contribution in [3.05, 3.63) is 53.3 Å². The third-order valence-electron chi connectivity index (χ3n) is 2.32. The van der Waals surface area contributed by atoms with Crippen molar-refractivity contribution in [2.24, 2.45) is 9.98 Å². The predicted octanol–water partition coefficient (Wildman–Crippen LogP) is 1.20. The van der Waals surface area contributed by atoms with Crippen molar-refractivity contribution in [3.63, 3.8) is 0 Å². The number of fused-ring (bicyclic) bond motifs is 1. The summed E-state index contributed by atoms with van der Waals surface area (Å²) in [4.78, 5) is 22.6. The highest BCUT2D eigenvalue weighted by Gasteiger charge is 2.06. The Bertz CT molecular complexity index is 694. The minimum atomic E-state index is -0.496. The van der Waals surface area contributed by atoms with Crippen LogP contribution in [0.25, 0.3) is 0 Å². The molecule has 82 valence electrons. The van der Waals surface area contributed by atoms with Gasteiger partial charge < -0.3 is 5.32 Å². The lowest BCUT2D eigenvalue weighted by atomic mass is 10.3. The Morgan fingerprint density at radius 1 is 0.941 bits per heavy atom. The quantitative estimate of drug-likeness (QED) is 0.833. The maximum Gasteiger partial charge on any atom is 0.369 e. The zero-order chi connectivity index (χ0) is 11.7. The Morgan fingerprint density at radius 3 is 2.59 bits per heavy atom. The number of amides is 2. The molecule has 0 saturated carbocycles. The number of urea groups is 1. The standard InChI is InChI=1S/C12H8N4O/c17-12-14-9-6-7-10(15-11(9)16-12)13-8-4-2-1-3-5-8/h1-7H,(H,13,15,16,17). The van der Waals surface area contributed by atoms with Gasteiger partial charge in [0.25, 0.3) is 0 Å². The van der Waals surface area contributed by atoms with Crippen LogP contribution in [0.2, 0.25) is 0 Å². The van der Waals surface area contributed by atoms with Gasteiger partial charge in [-0.05, 0) is 24.3 Å². The van der Waals surface area contributed by atoms with Gasteiger partial charge in [-0.2, -0.15) is 9.98 Å². The van der Waals surface area contributed by atoms with Gasteiger partial charge >= 0.3 is 6.03 Å². The van der Waals surface area contributed by atoms with Crippen LogP contribution in [-0.4, -0.2) is 11.0 Å². The van der Waals surface area contributed by atoms with Gasteiger partial charge in [0, 0.05) is 5.69 Å². The normalized spacial score (nSPS) is 12.6. The van der Waals surface area contributed by atoms with Crippen molar-refractivity contribution in [1.29, 1.82) is 0 Å². The van der Waals surface area contributed by atoms with E-state index in [1.54, 1.807) is 12.1 Å². The summed E-state index contributed by atoms with van der Waals surface area (Å²) in [6.45, 7) is 0. The van der Waals surface area contributed by atoms with Crippen LogP contribution in [0.15, 0.2) is 52.4 Å². The van der Waals surface area contributed by atoms with Crippen LogP contribution in [0.4, 0.5) is 16.3 Å². The minimum absolute atomic E-state index is 0.371. The molecule has 0 bridgehead atoms. The number of nitrogens with zero attached hydrogens (tertiary/aromatic N) is 3. The molecule has 5 heteroatoms. The Balaban J connectivity index is 1.98. The summed E-state index contributed by atoms with van der Waals surface area (Å²) < 4.78 is 0. The number of carbonyl (C=O) groups excluding carboxylic acids is 1. The summed E-state index contributed by atoms with van der Waals surface area (Å²) in [5.41, 5.74) is 1.30. The second kappa shape index (κ2) is 3.79. The van der Waals surface area contributed by atoms with Crippen LogP contribution in [-0.2, 0) is 0 Å². The second-order valence-electron chi connectivity index (χ2n) is 3.54. The van der Waals surface area contributed by atoms with Crippen molar-refractivity contribution in [3.8, 4) is 0 Å². The Morgan fingerprint density at radius 2 is 1.76 bits per heavy atom. The molecule has 0 fully saturated rings. The molecule has 3 rings (SSSR count). The van der Waals surface area contributed by atoms with Crippen LogP contribution in [0.1, 0.15) is 0 Å². The Labute approximate surface area is 96.6 Å². The summed E-state index contributed by atoms with van der Waals surface area (Å²) in [5.74, 6) is 0.642. The van der Waals surface area contributed by atoms with Gasteiger partial charge in [0.05, 0.1) is 0 Å². The van der Waals surface area contributed by atoms with Crippen LogP contribution < -0.4 is 16.2 Å². The molecule has 0 saturated heterocycles. The highest BCUT2D eigenvalue weighted by atomic mass is 16.2. The van der Waals surface area contributed by atoms with Crippen LogP contribution in [0.5, 0.6) is 0 Å². The number of aromatic nitrogens is 1. The first-order valence-electron chi connectivity index (χ1n) is 5.12. The van der Waals surface area contributed by atoms with Crippen molar-refractivity contribution >= 4 is 17.5 Å². The molecule has 17 heavy (non-hydrogen) atoms. The SMILES string of the molecule is O=C1N=c2ccc(Nc3ccccc3)nc2=N1. The first-order chi connectivity index (χ1) is 8.31. The van der Waals surface area contributed by atoms with E-state index in [1.807, 2.05) is 30.3 Å². The maximum atomic E-state index is 11.0. The maximum absolute atomic E-state index is 11.0. The number of hydrogen-bond acceptors (Lipinski definition) is 3. The van der Waals surface area contributed by atoms with E-state index >= 15 is 0 Å². The average molecular weight is 224 g/mol. The second-order valence-corrected chi connectivity index (χ2v) is 3.54. The summed E-state index contributed by atoms with van der Waals surface area (Å²) in [6.07, 6.45) is 0. The van der Waals surface area contributed by atoms with Gasteiger partial charge in [-0.25, -0.2) is 9.78 Å². The predicted molar refractivity (Wildman–Crippen MR) is 61.7 cm³/mol. The first-order valence-corrected chi connectivity index (χ1v) is 5.12. The van der Waals surface area contributed by atoms with Crippen molar-refractivity contribution in [2.75, 3.05) is 5.32 Å². The zero-order valence-electron chi connectivity index (χ0n) is 8.79. The average Bonchev–Trinajstić information content (AvgIpc) is 2.70. The minimum Gasteiger partial charge on any atom is -0.340 e. The molecular formula is C12H8N4O. The molecule has 0 unspecified atom stereocenters. The highest BCUT2D eigenvalue weighted by Crippen LogP contribution is 2.11. The smallest absolute Gasteiger partial charge is 0.340 e. The summed E-state index contributed by atoms with van der Waals surface area (Å²) >= 11 is 0. The summed E-state index contributed by atoms with van der Waals surface area (Å²) in [6, 6.07) is 12.7. The Kier molecular flexibility index (Phi) is 2.15. The molecule has 1 aromatic heterocycles. The molecule has 0 atom stereocenters. The fraction of sp³-hybridized carbons (Fsp3) is 0. The number of carbonyl (C=O) groups is 1. The van der Waals surface area contributed by atoms with Gasteiger partial charge in [-0.15, -0.1) is 0 Å². The fourth-order valence-electron chi connectivity index (χ4n) is 1.57. The number of nitrogens with one attached hydrogen (secondary N) is 1. The fourth-order valence-corrected chi connectivity index (χ4v) is 1.57. The number of anilines is 2. The molecule has 0 spiro atoms. The van der Waals surface area contributed by atoms with Crippen molar-refractivity contribution in [1.82, 2.24) is 4.98 Å². The van der Waals surface area contributed by atoms with Crippen LogP contribution in [0, 0.1) is 0 Å². The van der Waals surface area contributed by atoms with Crippen LogP contribution in [0.3, 0.4) is 0 Å². The molecule has 1 aliphatic heterocycles.